The van der Waals surface area contributed by atoms with Crippen LogP contribution < -0.4 is 4.90 Å². The average molecular weight is 345 g/mol. The second-order valence-electron chi connectivity index (χ2n) is 4.47. The molecule has 2 aliphatic heterocycles. The predicted octanol–water partition coefficient (Wildman–Crippen LogP) is 2.95. The van der Waals surface area contributed by atoms with Gasteiger partial charge in [-0.3, -0.25) is 14.6 Å². The van der Waals surface area contributed by atoms with Gasteiger partial charge in [-0.15, -0.1) is 0 Å². The molecule has 1 saturated heterocycles. The lowest BCUT2D eigenvalue weighted by Crippen LogP contribution is -2.31. The SMILES string of the molecule is O=C1CC(SC2=NCCS2)C(=O)N1c1ccc(F)c(Cl)c1. The van der Waals surface area contributed by atoms with Crippen LogP contribution in [0.1, 0.15) is 6.42 Å². The van der Waals surface area contributed by atoms with Crippen molar-refractivity contribution in [2.24, 2.45) is 4.99 Å². The van der Waals surface area contributed by atoms with Gasteiger partial charge in [0.25, 0.3) is 0 Å². The highest BCUT2D eigenvalue weighted by atomic mass is 35.5. The van der Waals surface area contributed by atoms with Crippen LogP contribution in [0.25, 0.3) is 0 Å². The molecule has 2 heterocycles. The van der Waals surface area contributed by atoms with Gasteiger partial charge in [0.05, 0.1) is 17.3 Å². The molecule has 0 radical (unpaired) electrons. The van der Waals surface area contributed by atoms with E-state index in [9.17, 15) is 14.0 Å². The normalized spacial score (nSPS) is 22.1. The molecule has 1 aromatic rings. The Kier molecular flexibility index (Phi) is 4.24. The molecule has 0 saturated carbocycles. The van der Waals surface area contributed by atoms with E-state index < -0.39 is 11.1 Å². The summed E-state index contributed by atoms with van der Waals surface area (Å²) in [6.07, 6.45) is 0.123. The summed E-state index contributed by atoms with van der Waals surface area (Å²) in [4.78, 5) is 29.8. The van der Waals surface area contributed by atoms with E-state index in [1.807, 2.05) is 0 Å². The van der Waals surface area contributed by atoms with E-state index in [2.05, 4.69) is 4.99 Å². The number of imide groups is 1. The van der Waals surface area contributed by atoms with Crippen molar-refractivity contribution in [3.63, 3.8) is 0 Å². The van der Waals surface area contributed by atoms with Gasteiger partial charge in [-0.05, 0) is 18.2 Å². The zero-order valence-corrected chi connectivity index (χ0v) is 13.1. The van der Waals surface area contributed by atoms with E-state index in [4.69, 9.17) is 11.6 Å². The van der Waals surface area contributed by atoms with Gasteiger partial charge in [0.1, 0.15) is 15.4 Å². The first-order valence-corrected chi connectivity index (χ1v) is 8.46. The van der Waals surface area contributed by atoms with Gasteiger partial charge >= 0.3 is 0 Å². The Morgan fingerprint density at radius 1 is 1.43 bits per heavy atom. The number of halogens is 2. The Labute approximate surface area is 134 Å². The first-order valence-electron chi connectivity index (χ1n) is 6.22. The number of thioether (sulfide) groups is 2. The lowest BCUT2D eigenvalue weighted by molar-refractivity contribution is -0.121. The van der Waals surface area contributed by atoms with Crippen LogP contribution in [-0.2, 0) is 9.59 Å². The van der Waals surface area contributed by atoms with E-state index in [1.54, 1.807) is 11.8 Å². The third kappa shape index (κ3) is 2.95. The molecule has 0 N–H and O–H groups in total. The van der Waals surface area contributed by atoms with Gasteiger partial charge in [-0.25, -0.2) is 9.29 Å². The number of hydrogen-bond acceptors (Lipinski definition) is 5. The molecule has 1 unspecified atom stereocenters. The minimum absolute atomic E-state index is 0.111. The first kappa shape index (κ1) is 14.9. The van der Waals surface area contributed by atoms with Crippen LogP contribution in [-0.4, -0.2) is 33.7 Å². The summed E-state index contributed by atoms with van der Waals surface area (Å²) in [5, 5.41) is -0.578. The van der Waals surface area contributed by atoms with Gasteiger partial charge in [0.15, 0.2) is 0 Å². The highest BCUT2D eigenvalue weighted by molar-refractivity contribution is 8.39. The lowest BCUT2D eigenvalue weighted by Gasteiger charge is -2.15. The fourth-order valence-corrected chi connectivity index (χ4v) is 4.53. The molecule has 0 aromatic heterocycles. The maximum atomic E-state index is 13.2. The highest BCUT2D eigenvalue weighted by Crippen LogP contribution is 2.35. The molecule has 1 fully saturated rings. The van der Waals surface area contributed by atoms with Crippen LogP contribution in [0.15, 0.2) is 23.2 Å². The van der Waals surface area contributed by atoms with Crippen molar-refractivity contribution in [1.29, 1.82) is 0 Å². The van der Waals surface area contributed by atoms with Crippen LogP contribution >= 0.6 is 35.1 Å². The molecule has 0 spiro atoms. The van der Waals surface area contributed by atoms with Crippen molar-refractivity contribution >= 4 is 57.0 Å². The van der Waals surface area contributed by atoms with Crippen molar-refractivity contribution in [3.05, 3.63) is 29.0 Å². The molecule has 2 amide bonds. The number of amides is 2. The van der Waals surface area contributed by atoms with Crippen molar-refractivity contribution < 1.29 is 14.0 Å². The maximum Gasteiger partial charge on any atom is 0.247 e. The van der Waals surface area contributed by atoms with Crippen molar-refractivity contribution in [2.75, 3.05) is 17.2 Å². The smallest absolute Gasteiger partial charge is 0.247 e. The van der Waals surface area contributed by atoms with E-state index in [-0.39, 0.29) is 23.3 Å². The van der Waals surface area contributed by atoms with Crippen LogP contribution in [0.2, 0.25) is 5.02 Å². The standard InChI is InChI=1S/C13H10ClFN2O2S2/c14-8-5-7(1-2-9(8)15)17-11(18)6-10(12(17)19)21-13-16-3-4-20-13/h1-2,5,10H,3-4,6H2. The summed E-state index contributed by atoms with van der Waals surface area (Å²) >= 11 is 8.63. The molecular formula is C13H10ClFN2O2S2. The number of rotatable bonds is 2. The number of anilines is 1. The quantitative estimate of drug-likeness (QED) is 0.774. The van der Waals surface area contributed by atoms with Crippen LogP contribution in [0.3, 0.4) is 0 Å². The summed E-state index contributed by atoms with van der Waals surface area (Å²) in [7, 11) is 0. The van der Waals surface area contributed by atoms with Gasteiger partial charge in [-0.1, -0.05) is 35.1 Å². The van der Waals surface area contributed by atoms with E-state index in [0.717, 1.165) is 27.6 Å². The number of nitrogens with zero attached hydrogens (tertiary/aromatic N) is 2. The third-order valence-corrected chi connectivity index (χ3v) is 5.75. The largest absolute Gasteiger partial charge is 0.274 e. The number of carbonyl (C=O) groups excluding carboxylic acids is 2. The number of benzene rings is 1. The van der Waals surface area contributed by atoms with Crippen molar-refractivity contribution in [1.82, 2.24) is 0 Å². The molecule has 21 heavy (non-hydrogen) atoms. The minimum Gasteiger partial charge on any atom is -0.274 e. The molecule has 0 bridgehead atoms. The number of carbonyl (C=O) groups is 2. The molecule has 0 aliphatic carbocycles. The second kappa shape index (κ2) is 5.98. The Hall–Kier alpha value is -1.05. The molecular weight excluding hydrogens is 335 g/mol. The Morgan fingerprint density at radius 3 is 2.90 bits per heavy atom. The topological polar surface area (TPSA) is 49.7 Å². The third-order valence-electron chi connectivity index (χ3n) is 3.07. The molecule has 4 nitrogen and oxygen atoms in total. The summed E-state index contributed by atoms with van der Waals surface area (Å²) < 4.78 is 14.0. The van der Waals surface area contributed by atoms with Crippen LogP contribution in [0, 0.1) is 5.82 Å². The van der Waals surface area contributed by atoms with Gasteiger partial charge < -0.3 is 0 Å². The van der Waals surface area contributed by atoms with Gasteiger partial charge in [0, 0.05) is 12.2 Å². The lowest BCUT2D eigenvalue weighted by atomic mass is 10.3. The molecule has 1 atom stereocenters. The fraction of sp³-hybridized carbons (Fsp3) is 0.308. The van der Waals surface area contributed by atoms with E-state index in [1.165, 1.54) is 23.9 Å². The summed E-state index contributed by atoms with van der Waals surface area (Å²) in [5.41, 5.74) is 0.306. The summed E-state index contributed by atoms with van der Waals surface area (Å²) in [6.45, 7) is 0.749. The summed E-state index contributed by atoms with van der Waals surface area (Å²) in [5.74, 6) is -0.275. The fourth-order valence-electron chi connectivity index (χ4n) is 2.10. The van der Waals surface area contributed by atoms with Crippen molar-refractivity contribution in [3.8, 4) is 0 Å². The zero-order chi connectivity index (χ0) is 15.0. The Bertz CT molecular complexity index is 653. The van der Waals surface area contributed by atoms with E-state index in [0.29, 0.717) is 5.69 Å². The number of hydrogen-bond donors (Lipinski definition) is 0. The minimum atomic E-state index is -0.581. The first-order chi connectivity index (χ1) is 10.1. The van der Waals surface area contributed by atoms with E-state index >= 15 is 0 Å². The monoisotopic (exact) mass is 344 g/mol. The highest BCUT2D eigenvalue weighted by Gasteiger charge is 2.41. The molecule has 2 aliphatic rings. The number of aliphatic imine (C=N–C) groups is 1. The molecule has 8 heteroatoms. The predicted molar refractivity (Wildman–Crippen MR) is 84.7 cm³/mol. The molecule has 110 valence electrons. The molecule has 3 rings (SSSR count). The molecule has 1 aromatic carbocycles. The Balaban J connectivity index is 1.81. The van der Waals surface area contributed by atoms with Gasteiger partial charge in [-0.2, -0.15) is 0 Å². The second-order valence-corrected chi connectivity index (χ2v) is 7.41. The van der Waals surface area contributed by atoms with Crippen LogP contribution in [0.4, 0.5) is 10.1 Å². The summed E-state index contributed by atoms with van der Waals surface area (Å²) in [6, 6.07) is 3.82. The maximum absolute atomic E-state index is 13.2. The average Bonchev–Trinajstić information content (AvgIpc) is 3.03. The van der Waals surface area contributed by atoms with Crippen molar-refractivity contribution in [2.45, 2.75) is 11.7 Å². The van der Waals surface area contributed by atoms with Gasteiger partial charge in [0.2, 0.25) is 11.8 Å². The Morgan fingerprint density at radius 2 is 2.24 bits per heavy atom. The zero-order valence-electron chi connectivity index (χ0n) is 10.7. The van der Waals surface area contributed by atoms with Crippen LogP contribution in [0.5, 0.6) is 0 Å².